The Morgan fingerprint density at radius 2 is 2.11 bits per heavy atom. The molecule has 0 atom stereocenters. The van der Waals surface area contributed by atoms with E-state index in [1.807, 2.05) is 26.8 Å². The average Bonchev–Trinajstić information content (AvgIpc) is 2.73. The Labute approximate surface area is 110 Å². The molecule has 6 nitrogen and oxygen atoms in total. The number of aryl methyl sites for hydroxylation is 1. The van der Waals surface area contributed by atoms with Gasteiger partial charge in [-0.15, -0.1) is 10.2 Å². The van der Waals surface area contributed by atoms with Crippen LogP contribution in [0.3, 0.4) is 0 Å². The normalized spacial score (nSPS) is 10.9. The summed E-state index contributed by atoms with van der Waals surface area (Å²) in [6.07, 6.45) is 0. The minimum absolute atomic E-state index is 0.386. The van der Waals surface area contributed by atoms with Gasteiger partial charge in [-0.05, 0) is 32.9 Å². The Bertz CT molecular complexity index is 782. The van der Waals surface area contributed by atoms with Crippen molar-refractivity contribution in [3.05, 3.63) is 23.8 Å². The summed E-state index contributed by atoms with van der Waals surface area (Å²) in [5.41, 5.74) is 7.36. The van der Waals surface area contributed by atoms with Crippen molar-refractivity contribution in [1.82, 2.24) is 20.2 Å². The van der Waals surface area contributed by atoms with Gasteiger partial charge in [-0.2, -0.15) is 10.1 Å². The SMILES string of the molecule is CC(C)=NNc1nnc2c(n1)[nH]c1ccc(C)cc12. The second-order valence-electron chi connectivity index (χ2n) is 4.68. The Morgan fingerprint density at radius 3 is 2.89 bits per heavy atom. The highest BCUT2D eigenvalue weighted by molar-refractivity contribution is 6.03. The van der Waals surface area contributed by atoms with Crippen molar-refractivity contribution < 1.29 is 0 Å². The number of nitrogens with zero attached hydrogens (tertiary/aromatic N) is 4. The Balaban J connectivity index is 2.13. The van der Waals surface area contributed by atoms with Crippen LogP contribution < -0.4 is 5.43 Å². The Hall–Kier alpha value is -2.50. The van der Waals surface area contributed by atoms with Crippen LogP contribution in [-0.4, -0.2) is 25.9 Å². The Kier molecular flexibility index (Phi) is 2.63. The minimum atomic E-state index is 0.386. The number of rotatable bonds is 2. The van der Waals surface area contributed by atoms with Crippen LogP contribution in [0.4, 0.5) is 5.95 Å². The molecule has 2 aromatic heterocycles. The average molecular weight is 254 g/mol. The summed E-state index contributed by atoms with van der Waals surface area (Å²) in [5.74, 6) is 0.386. The van der Waals surface area contributed by atoms with E-state index in [-0.39, 0.29) is 0 Å². The highest BCUT2D eigenvalue weighted by Gasteiger charge is 2.08. The first-order chi connectivity index (χ1) is 9.13. The number of H-pyrrole nitrogens is 1. The lowest BCUT2D eigenvalue weighted by Crippen LogP contribution is -2.00. The van der Waals surface area contributed by atoms with Gasteiger partial charge < -0.3 is 4.98 Å². The van der Waals surface area contributed by atoms with Crippen LogP contribution in [-0.2, 0) is 0 Å². The van der Waals surface area contributed by atoms with Gasteiger partial charge in [-0.1, -0.05) is 11.6 Å². The van der Waals surface area contributed by atoms with Crippen LogP contribution >= 0.6 is 0 Å². The fourth-order valence-electron chi connectivity index (χ4n) is 1.89. The van der Waals surface area contributed by atoms with E-state index < -0.39 is 0 Å². The maximum absolute atomic E-state index is 4.37. The highest BCUT2D eigenvalue weighted by atomic mass is 15.4. The van der Waals surface area contributed by atoms with Crippen molar-refractivity contribution >= 4 is 33.7 Å². The molecule has 6 heteroatoms. The van der Waals surface area contributed by atoms with E-state index in [9.17, 15) is 0 Å². The molecule has 0 bridgehead atoms. The molecule has 3 aromatic rings. The molecule has 0 amide bonds. The van der Waals surface area contributed by atoms with Crippen LogP contribution in [0.1, 0.15) is 19.4 Å². The van der Waals surface area contributed by atoms with Crippen molar-refractivity contribution in [2.45, 2.75) is 20.8 Å². The van der Waals surface area contributed by atoms with Gasteiger partial charge in [0.1, 0.15) is 5.52 Å². The number of aromatic amines is 1. The van der Waals surface area contributed by atoms with Gasteiger partial charge >= 0.3 is 0 Å². The van der Waals surface area contributed by atoms with Gasteiger partial charge in [0, 0.05) is 16.6 Å². The zero-order valence-corrected chi connectivity index (χ0v) is 11.0. The zero-order valence-electron chi connectivity index (χ0n) is 11.0. The van der Waals surface area contributed by atoms with Gasteiger partial charge in [0.05, 0.1) is 0 Å². The Morgan fingerprint density at radius 1 is 1.26 bits per heavy atom. The molecule has 0 unspecified atom stereocenters. The molecule has 0 aliphatic carbocycles. The summed E-state index contributed by atoms with van der Waals surface area (Å²) >= 11 is 0. The van der Waals surface area contributed by atoms with Gasteiger partial charge in [0.15, 0.2) is 5.65 Å². The molecule has 2 heterocycles. The summed E-state index contributed by atoms with van der Waals surface area (Å²) in [4.78, 5) is 7.60. The second kappa shape index (κ2) is 4.31. The molecule has 0 spiro atoms. The van der Waals surface area contributed by atoms with Gasteiger partial charge in [0.25, 0.3) is 5.95 Å². The molecule has 1 aromatic carbocycles. The van der Waals surface area contributed by atoms with E-state index in [1.54, 1.807) is 0 Å². The van der Waals surface area contributed by atoms with E-state index in [1.165, 1.54) is 5.56 Å². The number of hydrazone groups is 1. The number of aromatic nitrogens is 4. The number of fused-ring (bicyclic) bond motifs is 3. The van der Waals surface area contributed by atoms with Gasteiger partial charge in [-0.25, -0.2) is 5.43 Å². The third-order valence-electron chi connectivity index (χ3n) is 2.75. The summed E-state index contributed by atoms with van der Waals surface area (Å²) in [7, 11) is 0. The highest BCUT2D eigenvalue weighted by Crippen LogP contribution is 2.23. The summed E-state index contributed by atoms with van der Waals surface area (Å²) < 4.78 is 0. The minimum Gasteiger partial charge on any atom is -0.338 e. The number of anilines is 1. The van der Waals surface area contributed by atoms with Crippen LogP contribution in [0.5, 0.6) is 0 Å². The van der Waals surface area contributed by atoms with E-state index in [0.717, 1.165) is 22.1 Å². The number of benzene rings is 1. The topological polar surface area (TPSA) is 78.8 Å². The fraction of sp³-hybridized carbons (Fsp3) is 0.231. The smallest absolute Gasteiger partial charge is 0.265 e. The van der Waals surface area contributed by atoms with E-state index >= 15 is 0 Å². The predicted octanol–water partition coefficient (Wildman–Crippen LogP) is 2.62. The maximum Gasteiger partial charge on any atom is 0.265 e. The first kappa shape index (κ1) is 11.6. The monoisotopic (exact) mass is 254 g/mol. The predicted molar refractivity (Wildman–Crippen MR) is 76.3 cm³/mol. The summed E-state index contributed by atoms with van der Waals surface area (Å²) in [6.45, 7) is 5.84. The number of hydrogen-bond acceptors (Lipinski definition) is 5. The standard InChI is InChI=1S/C13H14N6/c1-7(2)16-18-13-15-12-11(17-19-13)9-6-8(3)4-5-10(9)14-12/h4-6H,1-3H3,(H2,14,15,18,19). The molecule has 0 saturated heterocycles. The molecule has 19 heavy (non-hydrogen) atoms. The van der Waals surface area contributed by atoms with Gasteiger partial charge in [-0.3, -0.25) is 0 Å². The number of hydrogen-bond donors (Lipinski definition) is 2. The fourth-order valence-corrected chi connectivity index (χ4v) is 1.89. The quantitative estimate of drug-likeness (QED) is 0.544. The maximum atomic E-state index is 4.37. The number of nitrogens with one attached hydrogen (secondary N) is 2. The molecule has 0 saturated carbocycles. The van der Waals surface area contributed by atoms with E-state index in [4.69, 9.17) is 0 Å². The lowest BCUT2D eigenvalue weighted by Gasteiger charge is -1.97. The summed E-state index contributed by atoms with van der Waals surface area (Å²) in [5, 5.41) is 13.3. The molecule has 3 rings (SSSR count). The lowest BCUT2D eigenvalue weighted by molar-refractivity contribution is 1.01. The van der Waals surface area contributed by atoms with Crippen molar-refractivity contribution in [2.75, 3.05) is 5.43 Å². The third-order valence-corrected chi connectivity index (χ3v) is 2.75. The third kappa shape index (κ3) is 2.12. The van der Waals surface area contributed by atoms with Gasteiger partial charge in [0.2, 0.25) is 0 Å². The van der Waals surface area contributed by atoms with Crippen molar-refractivity contribution in [2.24, 2.45) is 5.10 Å². The van der Waals surface area contributed by atoms with Crippen LogP contribution in [0.15, 0.2) is 23.3 Å². The van der Waals surface area contributed by atoms with E-state index in [0.29, 0.717) is 11.6 Å². The first-order valence-corrected chi connectivity index (χ1v) is 6.03. The van der Waals surface area contributed by atoms with Crippen LogP contribution in [0.2, 0.25) is 0 Å². The largest absolute Gasteiger partial charge is 0.338 e. The molecule has 0 aliphatic heterocycles. The molecular formula is C13H14N6. The molecule has 2 N–H and O–H groups in total. The summed E-state index contributed by atoms with van der Waals surface area (Å²) in [6, 6.07) is 6.15. The van der Waals surface area contributed by atoms with E-state index in [2.05, 4.69) is 42.8 Å². The van der Waals surface area contributed by atoms with Crippen LogP contribution in [0.25, 0.3) is 22.1 Å². The lowest BCUT2D eigenvalue weighted by atomic mass is 10.2. The molecule has 0 fully saturated rings. The zero-order chi connectivity index (χ0) is 13.4. The van der Waals surface area contributed by atoms with Crippen molar-refractivity contribution in [1.29, 1.82) is 0 Å². The van der Waals surface area contributed by atoms with Crippen LogP contribution in [0, 0.1) is 6.92 Å². The van der Waals surface area contributed by atoms with Crippen molar-refractivity contribution in [3.8, 4) is 0 Å². The molecular weight excluding hydrogens is 240 g/mol. The molecule has 0 aliphatic rings. The molecule has 0 radical (unpaired) electrons. The second-order valence-corrected chi connectivity index (χ2v) is 4.68. The molecule has 96 valence electrons. The first-order valence-electron chi connectivity index (χ1n) is 6.03. The van der Waals surface area contributed by atoms with Crippen molar-refractivity contribution in [3.63, 3.8) is 0 Å².